The Morgan fingerprint density at radius 3 is 2.62 bits per heavy atom. The number of halogens is 1. The highest BCUT2D eigenvalue weighted by Crippen LogP contribution is 2.30. The SMILES string of the molecule is CN1[C@@H]2CC[C@H]1CN(c1ccnc(Cl)n1)C2. The molecule has 2 fully saturated rings. The fourth-order valence-electron chi connectivity index (χ4n) is 2.80. The average molecular weight is 239 g/mol. The molecule has 2 atom stereocenters. The van der Waals surface area contributed by atoms with Gasteiger partial charge in [0, 0.05) is 31.4 Å². The molecule has 0 radical (unpaired) electrons. The van der Waals surface area contributed by atoms with Crippen LogP contribution in [-0.2, 0) is 0 Å². The second-order valence-corrected chi connectivity index (χ2v) is 4.98. The van der Waals surface area contributed by atoms with E-state index in [1.807, 2.05) is 6.07 Å². The summed E-state index contributed by atoms with van der Waals surface area (Å²) < 4.78 is 0. The van der Waals surface area contributed by atoms with Gasteiger partial charge in [-0.3, -0.25) is 4.90 Å². The van der Waals surface area contributed by atoms with Crippen molar-refractivity contribution in [1.82, 2.24) is 14.9 Å². The van der Waals surface area contributed by atoms with Gasteiger partial charge in [-0.05, 0) is 37.6 Å². The van der Waals surface area contributed by atoms with Gasteiger partial charge in [-0.1, -0.05) is 0 Å². The number of fused-ring (bicyclic) bond motifs is 2. The molecule has 0 aromatic carbocycles. The molecular formula is C11H15ClN4. The summed E-state index contributed by atoms with van der Waals surface area (Å²) >= 11 is 5.82. The molecule has 3 heterocycles. The van der Waals surface area contributed by atoms with Crippen molar-refractivity contribution in [3.8, 4) is 0 Å². The minimum Gasteiger partial charge on any atom is -0.353 e. The molecule has 2 aliphatic rings. The highest BCUT2D eigenvalue weighted by Gasteiger charge is 2.37. The van der Waals surface area contributed by atoms with Gasteiger partial charge in [-0.25, -0.2) is 9.97 Å². The molecule has 3 rings (SSSR count). The average Bonchev–Trinajstić information content (AvgIpc) is 2.53. The Kier molecular flexibility index (Phi) is 2.48. The number of hydrogen-bond acceptors (Lipinski definition) is 4. The van der Waals surface area contributed by atoms with E-state index < -0.39 is 0 Å². The van der Waals surface area contributed by atoms with Crippen LogP contribution in [0.15, 0.2) is 12.3 Å². The topological polar surface area (TPSA) is 32.3 Å². The number of likely N-dealkylation sites (N-methyl/N-ethyl adjacent to an activating group) is 1. The first-order chi connectivity index (χ1) is 7.74. The van der Waals surface area contributed by atoms with Gasteiger partial charge in [-0.2, -0.15) is 0 Å². The molecule has 2 saturated heterocycles. The molecule has 2 bridgehead atoms. The van der Waals surface area contributed by atoms with Crippen molar-refractivity contribution in [1.29, 1.82) is 0 Å². The lowest BCUT2D eigenvalue weighted by molar-refractivity contribution is 0.212. The van der Waals surface area contributed by atoms with Crippen LogP contribution in [0.1, 0.15) is 12.8 Å². The van der Waals surface area contributed by atoms with Gasteiger partial charge in [0.15, 0.2) is 0 Å². The van der Waals surface area contributed by atoms with Crippen LogP contribution in [0, 0.1) is 0 Å². The van der Waals surface area contributed by atoms with Gasteiger partial charge in [0.1, 0.15) is 5.82 Å². The van der Waals surface area contributed by atoms with Crippen LogP contribution in [0.3, 0.4) is 0 Å². The van der Waals surface area contributed by atoms with E-state index in [0.717, 1.165) is 18.9 Å². The van der Waals surface area contributed by atoms with Gasteiger partial charge in [0.25, 0.3) is 0 Å². The van der Waals surface area contributed by atoms with E-state index in [0.29, 0.717) is 17.4 Å². The summed E-state index contributed by atoms with van der Waals surface area (Å²) in [6, 6.07) is 3.29. The largest absolute Gasteiger partial charge is 0.353 e. The lowest BCUT2D eigenvalue weighted by atomic mass is 10.2. The van der Waals surface area contributed by atoms with Gasteiger partial charge in [-0.15, -0.1) is 0 Å². The molecule has 0 unspecified atom stereocenters. The van der Waals surface area contributed by atoms with Crippen LogP contribution < -0.4 is 4.90 Å². The van der Waals surface area contributed by atoms with Crippen LogP contribution in [0.4, 0.5) is 5.82 Å². The quantitative estimate of drug-likeness (QED) is 0.693. The van der Waals surface area contributed by atoms with E-state index in [4.69, 9.17) is 11.6 Å². The molecule has 0 amide bonds. The Bertz CT molecular complexity index is 383. The standard InChI is InChI=1S/C11H15ClN4/c1-15-8-2-3-9(15)7-16(6-8)10-4-5-13-11(12)14-10/h4-5,8-9H,2-3,6-7H2,1H3/t8-,9+. The maximum Gasteiger partial charge on any atom is 0.224 e. The van der Waals surface area contributed by atoms with Crippen molar-refractivity contribution in [3.63, 3.8) is 0 Å². The fraction of sp³-hybridized carbons (Fsp3) is 0.636. The van der Waals surface area contributed by atoms with E-state index in [9.17, 15) is 0 Å². The Labute approximate surface area is 100 Å². The van der Waals surface area contributed by atoms with Gasteiger partial charge in [0.05, 0.1) is 0 Å². The Hall–Kier alpha value is -0.870. The Balaban J connectivity index is 1.83. The third kappa shape index (κ3) is 1.66. The van der Waals surface area contributed by atoms with Crippen molar-refractivity contribution in [2.24, 2.45) is 0 Å². The smallest absolute Gasteiger partial charge is 0.224 e. The number of aromatic nitrogens is 2. The minimum absolute atomic E-state index is 0.337. The summed E-state index contributed by atoms with van der Waals surface area (Å²) in [7, 11) is 2.23. The van der Waals surface area contributed by atoms with E-state index in [1.54, 1.807) is 6.20 Å². The molecule has 1 aromatic rings. The molecule has 86 valence electrons. The van der Waals surface area contributed by atoms with Gasteiger partial charge < -0.3 is 4.90 Å². The normalized spacial score (nSPS) is 29.8. The molecule has 5 heteroatoms. The number of rotatable bonds is 1. The monoisotopic (exact) mass is 238 g/mol. The molecular weight excluding hydrogens is 224 g/mol. The summed E-state index contributed by atoms with van der Waals surface area (Å²) in [5.74, 6) is 0.963. The number of piperazine rings is 1. The van der Waals surface area contributed by atoms with Crippen LogP contribution in [-0.4, -0.2) is 47.1 Å². The fourth-order valence-corrected chi connectivity index (χ4v) is 2.95. The molecule has 4 nitrogen and oxygen atoms in total. The zero-order chi connectivity index (χ0) is 11.1. The second kappa shape index (κ2) is 3.86. The third-order valence-corrected chi connectivity index (χ3v) is 3.96. The summed E-state index contributed by atoms with van der Waals surface area (Å²) in [4.78, 5) is 13.0. The summed E-state index contributed by atoms with van der Waals surface area (Å²) in [5.41, 5.74) is 0. The lowest BCUT2D eigenvalue weighted by Crippen LogP contribution is -2.52. The van der Waals surface area contributed by atoms with Crippen LogP contribution >= 0.6 is 11.6 Å². The first-order valence-corrected chi connectivity index (χ1v) is 6.07. The van der Waals surface area contributed by atoms with Crippen LogP contribution in [0.5, 0.6) is 0 Å². The molecule has 16 heavy (non-hydrogen) atoms. The van der Waals surface area contributed by atoms with Crippen molar-refractivity contribution in [2.45, 2.75) is 24.9 Å². The number of anilines is 1. The number of nitrogens with zero attached hydrogens (tertiary/aromatic N) is 4. The minimum atomic E-state index is 0.337. The summed E-state index contributed by atoms with van der Waals surface area (Å²) in [5, 5.41) is 0.337. The molecule has 0 N–H and O–H groups in total. The summed E-state index contributed by atoms with van der Waals surface area (Å²) in [6.45, 7) is 2.11. The second-order valence-electron chi connectivity index (χ2n) is 4.64. The molecule has 1 aromatic heterocycles. The highest BCUT2D eigenvalue weighted by molar-refractivity contribution is 6.28. The van der Waals surface area contributed by atoms with Crippen LogP contribution in [0.2, 0.25) is 5.28 Å². The van der Waals surface area contributed by atoms with Crippen molar-refractivity contribution >= 4 is 17.4 Å². The summed E-state index contributed by atoms with van der Waals surface area (Å²) in [6.07, 6.45) is 4.33. The van der Waals surface area contributed by atoms with E-state index >= 15 is 0 Å². The molecule has 0 spiro atoms. The van der Waals surface area contributed by atoms with Crippen molar-refractivity contribution in [2.75, 3.05) is 25.0 Å². The predicted octanol–water partition coefficient (Wildman–Crippen LogP) is 1.41. The predicted molar refractivity (Wildman–Crippen MR) is 63.8 cm³/mol. The van der Waals surface area contributed by atoms with Crippen molar-refractivity contribution in [3.05, 3.63) is 17.5 Å². The Morgan fingerprint density at radius 2 is 2.00 bits per heavy atom. The Morgan fingerprint density at radius 1 is 1.31 bits per heavy atom. The van der Waals surface area contributed by atoms with Gasteiger partial charge >= 0.3 is 0 Å². The maximum absolute atomic E-state index is 5.82. The lowest BCUT2D eigenvalue weighted by Gasteiger charge is -2.39. The first-order valence-electron chi connectivity index (χ1n) is 5.69. The maximum atomic E-state index is 5.82. The van der Waals surface area contributed by atoms with Crippen molar-refractivity contribution < 1.29 is 0 Å². The van der Waals surface area contributed by atoms with Gasteiger partial charge in [0.2, 0.25) is 5.28 Å². The molecule has 0 aliphatic carbocycles. The molecule has 2 aliphatic heterocycles. The van der Waals surface area contributed by atoms with E-state index in [2.05, 4.69) is 26.8 Å². The highest BCUT2D eigenvalue weighted by atomic mass is 35.5. The van der Waals surface area contributed by atoms with E-state index in [-0.39, 0.29) is 0 Å². The number of hydrogen-bond donors (Lipinski definition) is 0. The zero-order valence-corrected chi connectivity index (χ0v) is 10.1. The zero-order valence-electron chi connectivity index (χ0n) is 9.30. The molecule has 0 saturated carbocycles. The third-order valence-electron chi connectivity index (χ3n) is 3.78. The van der Waals surface area contributed by atoms with Crippen LogP contribution in [0.25, 0.3) is 0 Å². The van der Waals surface area contributed by atoms with E-state index in [1.165, 1.54) is 12.8 Å². The first kappa shape index (κ1) is 10.3.